The van der Waals surface area contributed by atoms with Crippen LogP contribution in [0.5, 0.6) is 0 Å². The molecule has 2 amide bonds. The highest BCUT2D eigenvalue weighted by atomic mass is 35.5. The molecule has 0 unspecified atom stereocenters. The molecule has 1 N–H and O–H groups in total. The molecule has 0 aliphatic heterocycles. The standard InChI is InChI=1S/C30H35Cl2N3O4S/c1-6-27(29(37)33-30(3,4)5)34(19-22-10-8-7-9-11-22)28(36)20-35(23-14-17-25(31)26(32)18-23)40(38,39)24-15-12-21(2)13-16-24/h7-18,27H,6,19-20H2,1-5H3,(H,33,37)/t27-/m1/s1. The van der Waals surface area contributed by atoms with Crippen LogP contribution in [0.15, 0.2) is 77.7 Å². The SMILES string of the molecule is CC[C@H](C(=O)NC(C)(C)C)N(Cc1ccccc1)C(=O)CN(c1ccc(Cl)c(Cl)c1)S(=O)(=O)c1ccc(C)cc1. The van der Waals surface area contributed by atoms with Crippen molar-refractivity contribution in [1.29, 1.82) is 0 Å². The average molecular weight is 605 g/mol. The van der Waals surface area contributed by atoms with Gasteiger partial charge in [0.25, 0.3) is 10.0 Å². The van der Waals surface area contributed by atoms with Crippen molar-refractivity contribution in [2.45, 2.75) is 64.1 Å². The fourth-order valence-corrected chi connectivity index (χ4v) is 5.86. The van der Waals surface area contributed by atoms with E-state index >= 15 is 0 Å². The summed E-state index contributed by atoms with van der Waals surface area (Å²) in [5, 5.41) is 3.35. The number of rotatable bonds is 10. The van der Waals surface area contributed by atoms with E-state index in [-0.39, 0.29) is 33.1 Å². The van der Waals surface area contributed by atoms with Gasteiger partial charge in [0.2, 0.25) is 11.8 Å². The molecule has 0 radical (unpaired) electrons. The first-order valence-corrected chi connectivity index (χ1v) is 15.1. The number of benzene rings is 3. The number of nitrogens with zero attached hydrogens (tertiary/aromatic N) is 2. The third kappa shape index (κ3) is 7.99. The van der Waals surface area contributed by atoms with Crippen molar-refractivity contribution >= 4 is 50.7 Å². The number of aryl methyl sites for hydroxylation is 1. The van der Waals surface area contributed by atoms with Gasteiger partial charge < -0.3 is 10.2 Å². The maximum absolute atomic E-state index is 14.1. The molecule has 0 fully saturated rings. The number of nitrogens with one attached hydrogen (secondary N) is 1. The van der Waals surface area contributed by atoms with Crippen LogP contribution < -0.4 is 9.62 Å². The van der Waals surface area contributed by atoms with Crippen LogP contribution in [0.4, 0.5) is 5.69 Å². The summed E-state index contributed by atoms with van der Waals surface area (Å²) >= 11 is 12.4. The third-order valence-electron chi connectivity index (χ3n) is 6.16. The number of hydrogen-bond donors (Lipinski definition) is 1. The highest BCUT2D eigenvalue weighted by molar-refractivity contribution is 7.92. The molecule has 0 spiro atoms. The van der Waals surface area contributed by atoms with Gasteiger partial charge in [-0.1, -0.05) is 78.2 Å². The Labute approximate surface area is 247 Å². The van der Waals surface area contributed by atoms with Crippen LogP contribution in [0.1, 0.15) is 45.2 Å². The quantitative estimate of drug-likeness (QED) is 0.298. The summed E-state index contributed by atoms with van der Waals surface area (Å²) in [6.45, 7) is 8.82. The predicted octanol–water partition coefficient (Wildman–Crippen LogP) is 6.22. The molecular formula is C30H35Cl2N3O4S. The smallest absolute Gasteiger partial charge is 0.264 e. The zero-order chi connectivity index (χ0) is 29.7. The van der Waals surface area contributed by atoms with Gasteiger partial charge in [-0.15, -0.1) is 0 Å². The Kier molecular flexibility index (Phi) is 10.3. The van der Waals surface area contributed by atoms with Gasteiger partial charge in [0.05, 0.1) is 20.6 Å². The molecule has 1 atom stereocenters. The maximum Gasteiger partial charge on any atom is 0.264 e. The number of carbonyl (C=O) groups is 2. The van der Waals surface area contributed by atoms with Gasteiger partial charge in [0.15, 0.2) is 0 Å². The number of sulfonamides is 1. The zero-order valence-corrected chi connectivity index (χ0v) is 25.6. The van der Waals surface area contributed by atoms with Crippen molar-refractivity contribution in [1.82, 2.24) is 10.2 Å². The number of carbonyl (C=O) groups excluding carboxylic acids is 2. The van der Waals surface area contributed by atoms with Crippen molar-refractivity contribution in [3.05, 3.63) is 94.0 Å². The summed E-state index contributed by atoms with van der Waals surface area (Å²) in [5.74, 6) is -0.858. The molecule has 3 aromatic carbocycles. The van der Waals surface area contributed by atoms with Gasteiger partial charge in [0.1, 0.15) is 12.6 Å². The van der Waals surface area contributed by atoms with Gasteiger partial charge >= 0.3 is 0 Å². The molecule has 3 aromatic rings. The van der Waals surface area contributed by atoms with E-state index in [1.807, 2.05) is 65.0 Å². The zero-order valence-electron chi connectivity index (χ0n) is 23.3. The first-order valence-electron chi connectivity index (χ1n) is 12.9. The topological polar surface area (TPSA) is 86.8 Å². The Morgan fingerprint density at radius 2 is 1.55 bits per heavy atom. The lowest BCUT2D eigenvalue weighted by Gasteiger charge is -2.34. The molecular weight excluding hydrogens is 569 g/mol. The van der Waals surface area contributed by atoms with E-state index in [0.29, 0.717) is 6.42 Å². The Balaban J connectivity index is 2.08. The minimum Gasteiger partial charge on any atom is -0.350 e. The van der Waals surface area contributed by atoms with Crippen molar-refractivity contribution in [3.63, 3.8) is 0 Å². The van der Waals surface area contributed by atoms with E-state index in [0.717, 1.165) is 15.4 Å². The maximum atomic E-state index is 14.1. The van der Waals surface area contributed by atoms with Crippen molar-refractivity contribution in [2.24, 2.45) is 0 Å². The van der Waals surface area contributed by atoms with E-state index in [4.69, 9.17) is 23.2 Å². The van der Waals surface area contributed by atoms with Crippen LogP contribution in [0.2, 0.25) is 10.0 Å². The fraction of sp³-hybridized carbons (Fsp3) is 0.333. The molecule has 0 aromatic heterocycles. The van der Waals surface area contributed by atoms with Gasteiger partial charge in [-0.25, -0.2) is 8.42 Å². The van der Waals surface area contributed by atoms with Gasteiger partial charge in [-0.05, 0) is 70.0 Å². The molecule has 0 bridgehead atoms. The Morgan fingerprint density at radius 3 is 2.10 bits per heavy atom. The minimum absolute atomic E-state index is 0.0177. The average Bonchev–Trinajstić information content (AvgIpc) is 2.88. The normalized spacial score (nSPS) is 12.5. The van der Waals surface area contributed by atoms with Crippen LogP contribution in [0, 0.1) is 6.92 Å². The monoisotopic (exact) mass is 603 g/mol. The van der Waals surface area contributed by atoms with Crippen molar-refractivity contribution < 1.29 is 18.0 Å². The third-order valence-corrected chi connectivity index (χ3v) is 8.69. The largest absolute Gasteiger partial charge is 0.350 e. The summed E-state index contributed by atoms with van der Waals surface area (Å²) in [4.78, 5) is 28.9. The summed E-state index contributed by atoms with van der Waals surface area (Å²) in [6.07, 6.45) is 0.331. The highest BCUT2D eigenvalue weighted by Gasteiger charge is 2.34. The minimum atomic E-state index is -4.20. The lowest BCUT2D eigenvalue weighted by atomic mass is 10.1. The second-order valence-corrected chi connectivity index (χ2v) is 13.3. The summed E-state index contributed by atoms with van der Waals surface area (Å²) < 4.78 is 28.8. The van der Waals surface area contributed by atoms with Crippen LogP contribution in [-0.2, 0) is 26.2 Å². The van der Waals surface area contributed by atoms with Crippen molar-refractivity contribution in [3.8, 4) is 0 Å². The summed E-state index contributed by atoms with van der Waals surface area (Å²) in [7, 11) is -4.20. The Morgan fingerprint density at radius 1 is 0.925 bits per heavy atom. The van der Waals surface area contributed by atoms with E-state index in [1.165, 1.54) is 35.2 Å². The molecule has 0 heterocycles. The molecule has 3 rings (SSSR count). The molecule has 40 heavy (non-hydrogen) atoms. The van der Waals surface area contributed by atoms with Crippen molar-refractivity contribution in [2.75, 3.05) is 10.8 Å². The van der Waals surface area contributed by atoms with E-state index < -0.39 is 34.1 Å². The van der Waals surface area contributed by atoms with Gasteiger partial charge in [0, 0.05) is 12.1 Å². The van der Waals surface area contributed by atoms with Gasteiger partial charge in [-0.3, -0.25) is 13.9 Å². The number of anilines is 1. The first kappa shape index (κ1) is 31.5. The number of halogens is 2. The molecule has 0 saturated heterocycles. The van der Waals surface area contributed by atoms with Crippen LogP contribution in [0.3, 0.4) is 0 Å². The Hall–Kier alpha value is -3.07. The first-order chi connectivity index (χ1) is 18.7. The molecule has 214 valence electrons. The van der Waals surface area contributed by atoms with E-state index in [9.17, 15) is 18.0 Å². The Bertz CT molecular complexity index is 1440. The summed E-state index contributed by atoms with van der Waals surface area (Å²) in [6, 6.07) is 19.2. The lowest BCUT2D eigenvalue weighted by Crippen LogP contribution is -2.55. The van der Waals surface area contributed by atoms with Crippen LogP contribution >= 0.6 is 23.2 Å². The second-order valence-electron chi connectivity index (χ2n) is 10.6. The van der Waals surface area contributed by atoms with E-state index in [2.05, 4.69) is 5.32 Å². The second kappa shape index (κ2) is 13.1. The molecule has 10 heteroatoms. The molecule has 0 saturated carbocycles. The summed E-state index contributed by atoms with van der Waals surface area (Å²) in [5.41, 5.74) is 1.35. The molecule has 7 nitrogen and oxygen atoms in total. The van der Waals surface area contributed by atoms with Gasteiger partial charge in [-0.2, -0.15) is 0 Å². The molecule has 0 aliphatic carbocycles. The number of hydrogen-bond acceptors (Lipinski definition) is 4. The lowest BCUT2D eigenvalue weighted by molar-refractivity contribution is -0.141. The van der Waals surface area contributed by atoms with Crippen LogP contribution in [0.25, 0.3) is 0 Å². The molecule has 0 aliphatic rings. The fourth-order valence-electron chi connectivity index (χ4n) is 4.16. The van der Waals surface area contributed by atoms with E-state index in [1.54, 1.807) is 12.1 Å². The predicted molar refractivity (Wildman–Crippen MR) is 161 cm³/mol. The number of amides is 2. The van der Waals surface area contributed by atoms with Crippen LogP contribution in [-0.4, -0.2) is 43.3 Å². The highest BCUT2D eigenvalue weighted by Crippen LogP contribution is 2.31.